The minimum Gasteiger partial charge on any atom is -0.493 e. The van der Waals surface area contributed by atoms with E-state index in [4.69, 9.17) is 10.5 Å². The molecule has 0 spiro atoms. The van der Waals surface area contributed by atoms with E-state index >= 15 is 0 Å². The van der Waals surface area contributed by atoms with E-state index in [-0.39, 0.29) is 0 Å². The van der Waals surface area contributed by atoms with Crippen LogP contribution in [0.3, 0.4) is 0 Å². The molecule has 1 aromatic rings. The third-order valence-corrected chi connectivity index (χ3v) is 2.30. The summed E-state index contributed by atoms with van der Waals surface area (Å²) in [7, 11) is 0. The summed E-state index contributed by atoms with van der Waals surface area (Å²) in [5, 5.41) is 0. The van der Waals surface area contributed by atoms with Gasteiger partial charge >= 0.3 is 0 Å². The zero-order valence-corrected chi connectivity index (χ0v) is 9.92. The van der Waals surface area contributed by atoms with Gasteiger partial charge in [0.2, 0.25) is 0 Å². The first-order valence-corrected chi connectivity index (χ1v) is 5.44. The summed E-state index contributed by atoms with van der Waals surface area (Å²) in [6, 6.07) is 7.95. The fraction of sp³-hybridized carbons (Fsp3) is 0.538. The van der Waals surface area contributed by atoms with Crippen molar-refractivity contribution < 1.29 is 4.74 Å². The Morgan fingerprint density at radius 2 is 1.87 bits per heavy atom. The lowest BCUT2D eigenvalue weighted by atomic mass is 9.93. The first-order chi connectivity index (χ1) is 7.03. The van der Waals surface area contributed by atoms with Gasteiger partial charge in [-0.05, 0) is 17.9 Å². The molecule has 0 bridgehead atoms. The minimum atomic E-state index is 0.317. The Bertz CT molecular complexity index is 302. The van der Waals surface area contributed by atoms with Crippen molar-refractivity contribution >= 4 is 0 Å². The summed E-state index contributed by atoms with van der Waals surface area (Å²) in [5.41, 5.74) is 7.02. The van der Waals surface area contributed by atoms with Crippen LogP contribution in [0.4, 0.5) is 0 Å². The van der Waals surface area contributed by atoms with Crippen molar-refractivity contribution in [2.75, 3.05) is 6.61 Å². The van der Waals surface area contributed by atoms with Crippen LogP contribution >= 0.6 is 0 Å². The average molecular weight is 207 g/mol. The van der Waals surface area contributed by atoms with E-state index in [1.807, 2.05) is 24.3 Å². The van der Waals surface area contributed by atoms with E-state index < -0.39 is 0 Å². The molecule has 0 radical (unpaired) electrons. The van der Waals surface area contributed by atoms with Gasteiger partial charge in [-0.3, -0.25) is 0 Å². The quantitative estimate of drug-likeness (QED) is 0.823. The topological polar surface area (TPSA) is 35.2 Å². The fourth-order valence-electron chi connectivity index (χ4n) is 1.28. The molecule has 0 heterocycles. The van der Waals surface area contributed by atoms with Crippen LogP contribution in [0.25, 0.3) is 0 Å². The smallest absolute Gasteiger partial charge is 0.123 e. The van der Waals surface area contributed by atoms with Crippen molar-refractivity contribution in [2.45, 2.75) is 33.7 Å². The maximum atomic E-state index is 5.72. The number of rotatable bonds is 4. The molecule has 2 nitrogen and oxygen atoms in total. The zero-order valence-electron chi connectivity index (χ0n) is 9.92. The summed E-state index contributed by atoms with van der Waals surface area (Å²) in [4.78, 5) is 0. The van der Waals surface area contributed by atoms with Crippen LogP contribution in [0.5, 0.6) is 5.75 Å². The lowest BCUT2D eigenvalue weighted by Gasteiger charge is -2.18. The Kier molecular flexibility index (Phi) is 4.15. The molecule has 0 aliphatic heterocycles. The van der Waals surface area contributed by atoms with Crippen LogP contribution in [0, 0.1) is 5.41 Å². The third kappa shape index (κ3) is 4.34. The van der Waals surface area contributed by atoms with Gasteiger partial charge in [0.1, 0.15) is 5.75 Å². The van der Waals surface area contributed by atoms with Crippen LogP contribution < -0.4 is 10.5 Å². The fourth-order valence-corrected chi connectivity index (χ4v) is 1.28. The maximum absolute atomic E-state index is 5.72. The second-order valence-electron chi connectivity index (χ2n) is 4.97. The van der Waals surface area contributed by atoms with E-state index in [0.717, 1.165) is 24.3 Å². The SMILES string of the molecule is CC(C)(C)CCOc1ccccc1CN. The normalized spacial score (nSPS) is 11.5. The molecular formula is C13H21NO. The Hall–Kier alpha value is -1.02. The van der Waals surface area contributed by atoms with Gasteiger partial charge in [0.15, 0.2) is 0 Å². The highest BCUT2D eigenvalue weighted by atomic mass is 16.5. The van der Waals surface area contributed by atoms with Gasteiger partial charge in [-0.1, -0.05) is 39.0 Å². The molecule has 2 heteroatoms. The molecule has 0 aromatic heterocycles. The van der Waals surface area contributed by atoms with E-state index in [1.165, 1.54) is 0 Å². The lowest BCUT2D eigenvalue weighted by molar-refractivity contribution is 0.241. The number of hydrogen-bond donors (Lipinski definition) is 1. The minimum absolute atomic E-state index is 0.317. The van der Waals surface area contributed by atoms with Gasteiger partial charge < -0.3 is 10.5 Å². The molecular weight excluding hydrogens is 186 g/mol. The van der Waals surface area contributed by atoms with Gasteiger partial charge in [-0.15, -0.1) is 0 Å². The van der Waals surface area contributed by atoms with Gasteiger partial charge in [0.05, 0.1) is 6.61 Å². The molecule has 0 saturated carbocycles. The summed E-state index contributed by atoms with van der Waals surface area (Å²) < 4.78 is 5.72. The first-order valence-electron chi connectivity index (χ1n) is 5.44. The van der Waals surface area contributed by atoms with E-state index in [2.05, 4.69) is 20.8 Å². The van der Waals surface area contributed by atoms with Gasteiger partial charge in [0.25, 0.3) is 0 Å². The summed E-state index contributed by atoms with van der Waals surface area (Å²) in [5.74, 6) is 0.921. The number of benzene rings is 1. The lowest BCUT2D eigenvalue weighted by Crippen LogP contribution is -2.12. The summed E-state index contributed by atoms with van der Waals surface area (Å²) >= 11 is 0. The van der Waals surface area contributed by atoms with Crippen LogP contribution in [0.1, 0.15) is 32.8 Å². The molecule has 0 fully saturated rings. The summed E-state index contributed by atoms with van der Waals surface area (Å²) in [6.45, 7) is 7.92. The molecule has 2 N–H and O–H groups in total. The van der Waals surface area contributed by atoms with Gasteiger partial charge in [0, 0.05) is 12.1 Å². The largest absolute Gasteiger partial charge is 0.493 e. The van der Waals surface area contributed by atoms with Crippen molar-refractivity contribution in [1.82, 2.24) is 0 Å². The van der Waals surface area contributed by atoms with Crippen LogP contribution in [-0.2, 0) is 6.54 Å². The van der Waals surface area contributed by atoms with E-state index in [1.54, 1.807) is 0 Å². The molecule has 1 aromatic carbocycles. The Balaban J connectivity index is 2.50. The Morgan fingerprint density at radius 3 is 2.47 bits per heavy atom. The van der Waals surface area contributed by atoms with Gasteiger partial charge in [-0.25, -0.2) is 0 Å². The molecule has 84 valence electrons. The van der Waals surface area contributed by atoms with Crippen LogP contribution in [0.2, 0.25) is 0 Å². The second kappa shape index (κ2) is 5.17. The number of hydrogen-bond acceptors (Lipinski definition) is 2. The molecule has 1 rings (SSSR count). The van der Waals surface area contributed by atoms with Gasteiger partial charge in [-0.2, -0.15) is 0 Å². The van der Waals surface area contributed by atoms with Crippen LogP contribution in [-0.4, -0.2) is 6.61 Å². The predicted molar refractivity (Wildman–Crippen MR) is 63.9 cm³/mol. The Morgan fingerprint density at radius 1 is 1.20 bits per heavy atom. The number of ether oxygens (including phenoxy) is 1. The monoisotopic (exact) mass is 207 g/mol. The highest BCUT2D eigenvalue weighted by molar-refractivity contribution is 5.32. The van der Waals surface area contributed by atoms with Crippen molar-refractivity contribution in [2.24, 2.45) is 11.1 Å². The standard InChI is InChI=1S/C13H21NO/c1-13(2,3)8-9-15-12-7-5-4-6-11(12)10-14/h4-7H,8-10,14H2,1-3H3. The molecule has 15 heavy (non-hydrogen) atoms. The zero-order chi connectivity index (χ0) is 11.3. The second-order valence-corrected chi connectivity index (χ2v) is 4.97. The van der Waals surface area contributed by atoms with Crippen molar-refractivity contribution in [1.29, 1.82) is 0 Å². The predicted octanol–water partition coefficient (Wildman–Crippen LogP) is 2.96. The van der Waals surface area contributed by atoms with E-state index in [9.17, 15) is 0 Å². The molecule has 0 aliphatic carbocycles. The third-order valence-electron chi connectivity index (χ3n) is 2.30. The molecule has 0 aliphatic rings. The molecule has 0 unspecified atom stereocenters. The number of para-hydroxylation sites is 1. The molecule has 0 amide bonds. The van der Waals surface area contributed by atoms with Crippen molar-refractivity contribution in [3.8, 4) is 5.75 Å². The van der Waals surface area contributed by atoms with E-state index in [0.29, 0.717) is 12.0 Å². The van der Waals surface area contributed by atoms with Crippen molar-refractivity contribution in [3.05, 3.63) is 29.8 Å². The summed E-state index contributed by atoms with van der Waals surface area (Å²) in [6.07, 6.45) is 1.05. The average Bonchev–Trinajstić information content (AvgIpc) is 2.16. The van der Waals surface area contributed by atoms with Crippen LogP contribution in [0.15, 0.2) is 24.3 Å². The Labute approximate surface area is 92.4 Å². The first kappa shape index (κ1) is 12.1. The van der Waals surface area contributed by atoms with Crippen molar-refractivity contribution in [3.63, 3.8) is 0 Å². The highest BCUT2D eigenvalue weighted by Crippen LogP contribution is 2.21. The highest BCUT2D eigenvalue weighted by Gasteiger charge is 2.10. The maximum Gasteiger partial charge on any atom is 0.123 e. The molecule has 0 atom stereocenters. The number of nitrogens with two attached hydrogens (primary N) is 1. The molecule has 0 saturated heterocycles.